The van der Waals surface area contributed by atoms with Crippen LogP contribution in [0, 0.1) is 0 Å². The first-order chi connectivity index (χ1) is 6.33. The van der Waals surface area contributed by atoms with Gasteiger partial charge in [-0.2, -0.15) is 0 Å². The molecule has 1 aliphatic heterocycles. The lowest BCUT2D eigenvalue weighted by molar-refractivity contribution is 0.111. The fourth-order valence-electron chi connectivity index (χ4n) is 2.39. The summed E-state index contributed by atoms with van der Waals surface area (Å²) in [5, 5.41) is 9.54. The van der Waals surface area contributed by atoms with E-state index in [1.165, 1.54) is 5.56 Å². The van der Waals surface area contributed by atoms with Crippen LogP contribution < -0.4 is 0 Å². The highest BCUT2D eigenvalue weighted by Crippen LogP contribution is 2.57. The van der Waals surface area contributed by atoms with E-state index in [1.807, 2.05) is 18.2 Å². The van der Waals surface area contributed by atoms with Gasteiger partial charge in [-0.1, -0.05) is 30.3 Å². The second kappa shape index (κ2) is 2.34. The Morgan fingerprint density at radius 3 is 2.62 bits per heavy atom. The van der Waals surface area contributed by atoms with Gasteiger partial charge in [0, 0.05) is 0 Å². The maximum atomic E-state index is 9.54. The zero-order chi connectivity index (χ0) is 8.89. The second-order valence-corrected chi connectivity index (χ2v) is 3.90. The third-order valence-corrected chi connectivity index (χ3v) is 3.16. The molecule has 2 nitrogen and oxygen atoms in total. The Hall–Kier alpha value is -0.860. The van der Waals surface area contributed by atoms with E-state index in [0.717, 1.165) is 12.8 Å². The number of ether oxygens (including phenoxy) is 1. The van der Waals surface area contributed by atoms with E-state index < -0.39 is 0 Å². The average Bonchev–Trinajstić information content (AvgIpc) is 2.85. The number of rotatable bonds is 1. The number of aliphatic hydroxyl groups excluding tert-OH is 1. The molecule has 0 amide bonds. The highest BCUT2D eigenvalue weighted by Gasteiger charge is 2.64. The summed E-state index contributed by atoms with van der Waals surface area (Å²) in [5.41, 5.74) is 1.09. The Kier molecular flexibility index (Phi) is 1.35. The van der Waals surface area contributed by atoms with E-state index in [9.17, 15) is 5.11 Å². The van der Waals surface area contributed by atoms with Crippen molar-refractivity contribution in [3.05, 3.63) is 35.9 Å². The topological polar surface area (TPSA) is 32.8 Å². The first kappa shape index (κ1) is 7.54. The Morgan fingerprint density at radius 1 is 1.31 bits per heavy atom. The van der Waals surface area contributed by atoms with Crippen LogP contribution in [0.2, 0.25) is 0 Å². The summed E-state index contributed by atoms with van der Waals surface area (Å²) in [7, 11) is 0. The molecule has 1 aromatic rings. The van der Waals surface area contributed by atoms with E-state index in [-0.39, 0.29) is 17.8 Å². The lowest BCUT2D eigenvalue weighted by atomic mass is 9.97. The Labute approximate surface area is 77.2 Å². The first-order valence-electron chi connectivity index (χ1n) is 4.74. The van der Waals surface area contributed by atoms with Crippen LogP contribution in [-0.2, 0) is 10.3 Å². The monoisotopic (exact) mass is 176 g/mol. The van der Waals surface area contributed by atoms with E-state index in [1.54, 1.807) is 0 Å². The molecular formula is C11H12O2. The van der Waals surface area contributed by atoms with Gasteiger partial charge >= 0.3 is 0 Å². The Balaban J connectivity index is 1.96. The van der Waals surface area contributed by atoms with Crippen LogP contribution in [0.15, 0.2) is 30.3 Å². The molecule has 13 heavy (non-hydrogen) atoms. The highest BCUT2D eigenvalue weighted by molar-refractivity contribution is 5.32. The summed E-state index contributed by atoms with van der Waals surface area (Å²) in [4.78, 5) is 0. The van der Waals surface area contributed by atoms with Gasteiger partial charge in [-0.3, -0.25) is 0 Å². The number of epoxide rings is 1. The quantitative estimate of drug-likeness (QED) is 0.657. The molecule has 2 heteroatoms. The minimum absolute atomic E-state index is 0.0647. The van der Waals surface area contributed by atoms with Crippen LogP contribution in [-0.4, -0.2) is 17.3 Å². The van der Waals surface area contributed by atoms with Gasteiger partial charge in [-0.15, -0.1) is 0 Å². The van der Waals surface area contributed by atoms with Gasteiger partial charge in [-0.25, -0.2) is 0 Å². The molecule has 0 unspecified atom stereocenters. The fourth-order valence-corrected chi connectivity index (χ4v) is 2.39. The van der Waals surface area contributed by atoms with Crippen molar-refractivity contribution in [2.45, 2.75) is 30.7 Å². The van der Waals surface area contributed by atoms with Crippen LogP contribution >= 0.6 is 0 Å². The maximum absolute atomic E-state index is 9.54. The predicted octanol–water partition coefficient (Wildman–Crippen LogP) is 1.44. The lowest BCUT2D eigenvalue weighted by Gasteiger charge is -2.07. The number of aliphatic hydroxyl groups is 1. The number of fused-ring (bicyclic) bond motifs is 1. The highest BCUT2D eigenvalue weighted by atomic mass is 16.6. The standard InChI is InChI=1S/C11H12O2/c12-9-6-7-11(10(9)13-11)8-4-2-1-3-5-8/h1-5,9-10,12H,6-7H2/t9-,10-,11-/m1/s1. The largest absolute Gasteiger partial charge is 0.390 e. The molecule has 0 bridgehead atoms. The molecule has 3 rings (SSSR count). The fraction of sp³-hybridized carbons (Fsp3) is 0.455. The van der Waals surface area contributed by atoms with Crippen LogP contribution in [0.3, 0.4) is 0 Å². The van der Waals surface area contributed by atoms with Crippen LogP contribution in [0.4, 0.5) is 0 Å². The molecule has 1 aliphatic carbocycles. The van der Waals surface area contributed by atoms with Crippen molar-refractivity contribution < 1.29 is 9.84 Å². The zero-order valence-corrected chi connectivity index (χ0v) is 7.31. The molecule has 1 N–H and O–H groups in total. The number of hydrogen-bond acceptors (Lipinski definition) is 2. The SMILES string of the molecule is O[C@@H]1CC[C@]2(c3ccccc3)O[C@H]12. The summed E-state index contributed by atoms with van der Waals surface area (Å²) in [6.07, 6.45) is 1.65. The van der Waals surface area contributed by atoms with Crippen molar-refractivity contribution in [1.82, 2.24) is 0 Å². The van der Waals surface area contributed by atoms with E-state index >= 15 is 0 Å². The van der Waals surface area contributed by atoms with Gasteiger partial charge in [0.2, 0.25) is 0 Å². The summed E-state index contributed by atoms with van der Waals surface area (Å²) in [6.45, 7) is 0. The van der Waals surface area contributed by atoms with Gasteiger partial charge in [0.25, 0.3) is 0 Å². The third kappa shape index (κ3) is 0.901. The molecule has 0 radical (unpaired) electrons. The minimum Gasteiger partial charge on any atom is -0.390 e. The van der Waals surface area contributed by atoms with E-state index in [0.29, 0.717) is 0 Å². The molecule has 1 saturated heterocycles. The van der Waals surface area contributed by atoms with Crippen molar-refractivity contribution >= 4 is 0 Å². The predicted molar refractivity (Wildman–Crippen MR) is 48.2 cm³/mol. The average molecular weight is 176 g/mol. The second-order valence-electron chi connectivity index (χ2n) is 3.90. The Bertz CT molecular complexity index is 322. The van der Waals surface area contributed by atoms with Crippen LogP contribution in [0.1, 0.15) is 18.4 Å². The molecular weight excluding hydrogens is 164 g/mol. The van der Waals surface area contributed by atoms with E-state index in [4.69, 9.17) is 4.74 Å². The molecule has 0 spiro atoms. The summed E-state index contributed by atoms with van der Waals surface area (Å²) >= 11 is 0. The van der Waals surface area contributed by atoms with Crippen molar-refractivity contribution in [2.75, 3.05) is 0 Å². The third-order valence-electron chi connectivity index (χ3n) is 3.16. The molecule has 1 aromatic carbocycles. The summed E-state index contributed by atoms with van der Waals surface area (Å²) in [6, 6.07) is 10.2. The molecule has 1 heterocycles. The molecule has 68 valence electrons. The van der Waals surface area contributed by atoms with Crippen molar-refractivity contribution in [3.8, 4) is 0 Å². The minimum atomic E-state index is -0.250. The smallest absolute Gasteiger partial charge is 0.122 e. The summed E-state index contributed by atoms with van der Waals surface area (Å²) < 4.78 is 5.59. The normalized spacial score (nSPS) is 41.6. The van der Waals surface area contributed by atoms with Crippen LogP contribution in [0.5, 0.6) is 0 Å². The lowest BCUT2D eigenvalue weighted by Crippen LogP contribution is -2.11. The van der Waals surface area contributed by atoms with Crippen molar-refractivity contribution in [2.24, 2.45) is 0 Å². The van der Waals surface area contributed by atoms with Gasteiger partial charge in [0.15, 0.2) is 0 Å². The van der Waals surface area contributed by atoms with Gasteiger partial charge in [0.05, 0.1) is 6.10 Å². The summed E-state index contributed by atoms with van der Waals surface area (Å²) in [5.74, 6) is 0. The first-order valence-corrected chi connectivity index (χ1v) is 4.74. The van der Waals surface area contributed by atoms with Crippen LogP contribution in [0.25, 0.3) is 0 Å². The van der Waals surface area contributed by atoms with Crippen molar-refractivity contribution in [1.29, 1.82) is 0 Å². The molecule has 2 fully saturated rings. The van der Waals surface area contributed by atoms with E-state index in [2.05, 4.69) is 12.1 Å². The van der Waals surface area contributed by atoms with Gasteiger partial charge in [-0.05, 0) is 18.4 Å². The zero-order valence-electron chi connectivity index (χ0n) is 7.31. The molecule has 2 aliphatic rings. The molecule has 0 aromatic heterocycles. The van der Waals surface area contributed by atoms with Gasteiger partial charge in [0.1, 0.15) is 11.7 Å². The van der Waals surface area contributed by atoms with Crippen molar-refractivity contribution in [3.63, 3.8) is 0 Å². The number of hydrogen-bond donors (Lipinski definition) is 1. The van der Waals surface area contributed by atoms with Gasteiger partial charge < -0.3 is 9.84 Å². The molecule has 3 atom stereocenters. The Morgan fingerprint density at radius 2 is 2.08 bits per heavy atom. The maximum Gasteiger partial charge on any atom is 0.122 e. The number of benzene rings is 1. The molecule has 1 saturated carbocycles.